The van der Waals surface area contributed by atoms with E-state index in [4.69, 9.17) is 0 Å². The first-order valence-electron chi connectivity index (χ1n) is 8.24. The number of rotatable bonds is 3. The van der Waals surface area contributed by atoms with Crippen LogP contribution in [-0.4, -0.2) is 28.0 Å². The number of benzene rings is 1. The Hall–Kier alpha value is -2.49. The Bertz CT molecular complexity index is 774. The molecule has 1 fully saturated rings. The molecule has 1 aliphatic heterocycles. The van der Waals surface area contributed by atoms with Crippen LogP contribution in [-0.2, 0) is 6.42 Å². The lowest BCUT2D eigenvalue weighted by Gasteiger charge is -2.33. The highest BCUT2D eigenvalue weighted by Gasteiger charge is 2.21. The monoisotopic (exact) mass is 304 g/mol. The molecule has 0 amide bonds. The maximum Gasteiger partial charge on any atom is 0.139 e. The summed E-state index contributed by atoms with van der Waals surface area (Å²) < 4.78 is 0. The zero-order valence-corrected chi connectivity index (χ0v) is 13.1. The summed E-state index contributed by atoms with van der Waals surface area (Å²) in [5.74, 6) is 1.82. The van der Waals surface area contributed by atoms with E-state index in [9.17, 15) is 0 Å². The fourth-order valence-corrected chi connectivity index (χ4v) is 3.44. The van der Waals surface area contributed by atoms with Crippen LogP contribution in [0.1, 0.15) is 18.4 Å². The van der Waals surface area contributed by atoms with Gasteiger partial charge in [-0.2, -0.15) is 0 Å². The van der Waals surface area contributed by atoms with Crippen LogP contribution < -0.4 is 4.90 Å². The third-order valence-electron chi connectivity index (χ3n) is 4.70. The van der Waals surface area contributed by atoms with Crippen molar-refractivity contribution in [3.8, 4) is 0 Å². The summed E-state index contributed by atoms with van der Waals surface area (Å²) in [5.41, 5.74) is 2.37. The van der Waals surface area contributed by atoms with Crippen LogP contribution in [0.3, 0.4) is 0 Å². The molecule has 23 heavy (non-hydrogen) atoms. The summed E-state index contributed by atoms with van der Waals surface area (Å²) in [7, 11) is 0. The van der Waals surface area contributed by atoms with Crippen molar-refractivity contribution in [1.29, 1.82) is 0 Å². The minimum absolute atomic E-state index is 0.767. The molecule has 0 bridgehead atoms. The molecule has 0 saturated carbocycles. The van der Waals surface area contributed by atoms with Gasteiger partial charge in [0.15, 0.2) is 0 Å². The van der Waals surface area contributed by atoms with Crippen LogP contribution in [0, 0.1) is 5.92 Å². The summed E-state index contributed by atoms with van der Waals surface area (Å²) in [6.07, 6.45) is 8.88. The molecule has 0 N–H and O–H groups in total. The third-order valence-corrected chi connectivity index (χ3v) is 4.70. The minimum atomic E-state index is 0.767. The van der Waals surface area contributed by atoms with Crippen molar-refractivity contribution in [3.63, 3.8) is 0 Å². The smallest absolute Gasteiger partial charge is 0.139 e. The standard InChI is InChI=1S/C19H20N4/c1-2-4-15(5-3-1)12-16-7-10-23(11-8-16)19-17-6-9-20-13-18(17)21-14-22-19/h1-6,9,13-14,16H,7-8,10-12H2. The number of anilines is 1. The summed E-state index contributed by atoms with van der Waals surface area (Å²) in [4.78, 5) is 15.4. The van der Waals surface area contributed by atoms with Gasteiger partial charge in [-0.3, -0.25) is 4.98 Å². The van der Waals surface area contributed by atoms with Crippen molar-refractivity contribution in [2.24, 2.45) is 5.92 Å². The first-order valence-corrected chi connectivity index (χ1v) is 8.24. The van der Waals surface area contributed by atoms with Gasteiger partial charge in [0.2, 0.25) is 0 Å². The van der Waals surface area contributed by atoms with Crippen molar-refractivity contribution in [2.75, 3.05) is 18.0 Å². The predicted octanol–water partition coefficient (Wildman–Crippen LogP) is 3.48. The average molecular weight is 304 g/mol. The molecule has 3 heterocycles. The van der Waals surface area contributed by atoms with Crippen LogP contribution in [0.5, 0.6) is 0 Å². The van der Waals surface area contributed by atoms with E-state index < -0.39 is 0 Å². The zero-order chi connectivity index (χ0) is 15.5. The molecular weight excluding hydrogens is 284 g/mol. The molecule has 4 rings (SSSR count). The quantitative estimate of drug-likeness (QED) is 0.743. The molecule has 0 atom stereocenters. The fraction of sp³-hybridized carbons (Fsp3) is 0.316. The molecule has 4 heteroatoms. The molecule has 2 aromatic heterocycles. The number of pyridine rings is 1. The van der Waals surface area contributed by atoms with Gasteiger partial charge in [-0.25, -0.2) is 9.97 Å². The van der Waals surface area contributed by atoms with E-state index in [0.717, 1.165) is 35.7 Å². The Balaban J connectivity index is 1.47. The van der Waals surface area contributed by atoms with E-state index in [0.29, 0.717) is 0 Å². The van der Waals surface area contributed by atoms with Crippen molar-refractivity contribution in [1.82, 2.24) is 15.0 Å². The molecule has 0 radical (unpaired) electrons. The van der Waals surface area contributed by atoms with Gasteiger partial charge in [0, 0.05) is 24.7 Å². The Morgan fingerprint density at radius 2 is 1.83 bits per heavy atom. The number of nitrogens with zero attached hydrogens (tertiary/aromatic N) is 4. The minimum Gasteiger partial charge on any atom is -0.356 e. The van der Waals surface area contributed by atoms with Crippen LogP contribution in [0.4, 0.5) is 5.82 Å². The van der Waals surface area contributed by atoms with Gasteiger partial charge >= 0.3 is 0 Å². The normalized spacial score (nSPS) is 15.9. The molecule has 0 spiro atoms. The zero-order valence-electron chi connectivity index (χ0n) is 13.1. The van der Waals surface area contributed by atoms with Crippen LogP contribution in [0.15, 0.2) is 55.1 Å². The second-order valence-corrected chi connectivity index (χ2v) is 6.21. The van der Waals surface area contributed by atoms with Gasteiger partial charge in [-0.1, -0.05) is 30.3 Å². The number of aromatic nitrogens is 3. The van der Waals surface area contributed by atoms with E-state index >= 15 is 0 Å². The van der Waals surface area contributed by atoms with Gasteiger partial charge in [-0.05, 0) is 36.8 Å². The fourth-order valence-electron chi connectivity index (χ4n) is 3.44. The summed E-state index contributed by atoms with van der Waals surface area (Å²) in [6, 6.07) is 12.8. The van der Waals surface area contributed by atoms with Gasteiger partial charge in [0.25, 0.3) is 0 Å². The molecule has 1 saturated heterocycles. The summed E-state index contributed by atoms with van der Waals surface area (Å²) in [5, 5.41) is 1.10. The molecule has 3 aromatic rings. The highest BCUT2D eigenvalue weighted by atomic mass is 15.2. The third kappa shape index (κ3) is 3.02. The summed E-state index contributed by atoms with van der Waals surface area (Å²) >= 11 is 0. The molecule has 116 valence electrons. The molecule has 0 aliphatic carbocycles. The Kier molecular flexibility index (Phi) is 3.88. The SMILES string of the molecule is c1ccc(CC2CCN(c3ncnc4cnccc34)CC2)cc1. The van der Waals surface area contributed by atoms with Crippen molar-refractivity contribution >= 4 is 16.7 Å². The Morgan fingerprint density at radius 3 is 2.65 bits per heavy atom. The van der Waals surface area contributed by atoms with E-state index in [-0.39, 0.29) is 0 Å². The topological polar surface area (TPSA) is 41.9 Å². The predicted molar refractivity (Wildman–Crippen MR) is 92.4 cm³/mol. The van der Waals surface area contributed by atoms with E-state index in [2.05, 4.69) is 50.2 Å². The molecular formula is C19H20N4. The maximum absolute atomic E-state index is 4.53. The highest BCUT2D eigenvalue weighted by molar-refractivity contribution is 5.88. The van der Waals surface area contributed by atoms with Crippen molar-refractivity contribution in [3.05, 3.63) is 60.7 Å². The number of fused-ring (bicyclic) bond motifs is 1. The van der Waals surface area contributed by atoms with Crippen LogP contribution in [0.2, 0.25) is 0 Å². The van der Waals surface area contributed by atoms with Crippen molar-refractivity contribution in [2.45, 2.75) is 19.3 Å². The largest absolute Gasteiger partial charge is 0.356 e. The Morgan fingerprint density at radius 1 is 1.00 bits per heavy atom. The lowest BCUT2D eigenvalue weighted by molar-refractivity contribution is 0.402. The lowest BCUT2D eigenvalue weighted by atomic mass is 9.90. The molecule has 1 aromatic carbocycles. The number of hydrogen-bond acceptors (Lipinski definition) is 4. The maximum atomic E-state index is 4.53. The average Bonchev–Trinajstić information content (AvgIpc) is 2.63. The van der Waals surface area contributed by atoms with Gasteiger partial charge in [0.1, 0.15) is 12.1 Å². The van der Waals surface area contributed by atoms with Gasteiger partial charge < -0.3 is 4.90 Å². The molecule has 4 nitrogen and oxygen atoms in total. The molecule has 1 aliphatic rings. The van der Waals surface area contributed by atoms with E-state index in [1.54, 1.807) is 6.33 Å². The second kappa shape index (κ2) is 6.32. The Labute approximate surface area is 136 Å². The summed E-state index contributed by atoms with van der Waals surface area (Å²) in [6.45, 7) is 2.12. The van der Waals surface area contributed by atoms with E-state index in [1.165, 1.54) is 24.8 Å². The lowest BCUT2D eigenvalue weighted by Crippen LogP contribution is -2.35. The van der Waals surface area contributed by atoms with Crippen molar-refractivity contribution < 1.29 is 0 Å². The van der Waals surface area contributed by atoms with E-state index in [1.807, 2.05) is 18.5 Å². The van der Waals surface area contributed by atoms with Crippen LogP contribution >= 0.6 is 0 Å². The van der Waals surface area contributed by atoms with Crippen LogP contribution in [0.25, 0.3) is 10.9 Å². The number of hydrogen-bond donors (Lipinski definition) is 0. The molecule has 0 unspecified atom stereocenters. The van der Waals surface area contributed by atoms with Gasteiger partial charge in [-0.15, -0.1) is 0 Å². The highest BCUT2D eigenvalue weighted by Crippen LogP contribution is 2.28. The first kappa shape index (κ1) is 14.1. The number of piperidine rings is 1. The first-order chi connectivity index (χ1) is 11.4. The second-order valence-electron chi connectivity index (χ2n) is 6.21. The van der Waals surface area contributed by atoms with Gasteiger partial charge in [0.05, 0.1) is 11.7 Å².